The Morgan fingerprint density at radius 3 is 2.69 bits per heavy atom. The van der Waals surface area contributed by atoms with Crippen molar-refractivity contribution in [2.24, 2.45) is 0 Å². The molecule has 0 spiro atoms. The Hall–Kier alpha value is -3.24. The number of carbonyl (C=O) groups excluding carboxylic acids is 1. The normalized spacial score (nSPS) is 11.1. The first-order valence-corrected chi connectivity index (χ1v) is 10.8. The Bertz CT molecular complexity index is 1340. The monoisotopic (exact) mass is 475 g/mol. The van der Waals surface area contributed by atoms with Gasteiger partial charge in [0.25, 0.3) is 0 Å². The zero-order valence-electron chi connectivity index (χ0n) is 16.5. The van der Waals surface area contributed by atoms with Gasteiger partial charge in [-0.15, -0.1) is 5.10 Å². The third-order valence-electron chi connectivity index (χ3n) is 4.54. The van der Waals surface area contributed by atoms with Crippen molar-refractivity contribution in [2.75, 3.05) is 0 Å². The van der Waals surface area contributed by atoms with Crippen LogP contribution in [0.4, 0.5) is 8.78 Å². The molecule has 2 aromatic heterocycles. The van der Waals surface area contributed by atoms with Gasteiger partial charge >= 0.3 is 5.69 Å². The Morgan fingerprint density at radius 2 is 1.94 bits per heavy atom. The molecule has 4 aromatic rings. The van der Waals surface area contributed by atoms with Crippen LogP contribution in [0.3, 0.4) is 0 Å². The zero-order valence-corrected chi connectivity index (χ0v) is 18.0. The lowest BCUT2D eigenvalue weighted by Crippen LogP contribution is -2.32. The zero-order chi connectivity index (χ0) is 22.7. The third-order valence-corrected chi connectivity index (χ3v) is 5.83. The van der Waals surface area contributed by atoms with Gasteiger partial charge < -0.3 is 5.32 Å². The maximum absolute atomic E-state index is 13.7. The van der Waals surface area contributed by atoms with Gasteiger partial charge in [-0.3, -0.25) is 4.79 Å². The smallest absolute Gasteiger partial charge is 0.350 e. The summed E-state index contributed by atoms with van der Waals surface area (Å²) in [5.74, 6) is -1.41. The van der Waals surface area contributed by atoms with Gasteiger partial charge in [0, 0.05) is 41.3 Å². The highest BCUT2D eigenvalue weighted by molar-refractivity contribution is 7.98. The minimum absolute atomic E-state index is 0.132. The average Bonchev–Trinajstić information content (AvgIpc) is 3.08. The molecule has 2 heterocycles. The van der Waals surface area contributed by atoms with Crippen LogP contribution in [0.2, 0.25) is 5.02 Å². The van der Waals surface area contributed by atoms with Crippen molar-refractivity contribution in [1.29, 1.82) is 0 Å². The second-order valence-corrected chi connectivity index (χ2v) is 8.19. The Morgan fingerprint density at radius 1 is 1.16 bits per heavy atom. The molecule has 0 bridgehead atoms. The molecule has 0 unspecified atom stereocenters. The Kier molecular flexibility index (Phi) is 6.52. The maximum atomic E-state index is 13.7. The highest BCUT2D eigenvalue weighted by Gasteiger charge is 2.15. The minimum Gasteiger partial charge on any atom is -0.350 e. The van der Waals surface area contributed by atoms with E-state index in [4.69, 9.17) is 11.6 Å². The molecule has 7 nitrogen and oxygen atoms in total. The summed E-state index contributed by atoms with van der Waals surface area (Å²) in [5, 5.41) is 7.92. The standard InChI is InChI=1S/C21H16ClF2N5O2S/c22-15-4-1-13(2-5-15)12-32-20-19-27-29(21(31)28(19)8-7-25-20)11-18(30)26-10-14-3-6-16(23)9-17(14)24/h1-9H,10-12H2,(H,26,30). The number of carbonyl (C=O) groups is 1. The molecule has 32 heavy (non-hydrogen) atoms. The van der Waals surface area contributed by atoms with E-state index in [0.717, 1.165) is 22.4 Å². The summed E-state index contributed by atoms with van der Waals surface area (Å²) in [4.78, 5) is 29.2. The number of halogens is 3. The van der Waals surface area contributed by atoms with Gasteiger partial charge in [0.2, 0.25) is 5.91 Å². The van der Waals surface area contributed by atoms with Crippen LogP contribution in [0.15, 0.2) is 64.7 Å². The number of aromatic nitrogens is 4. The van der Waals surface area contributed by atoms with Crippen molar-refractivity contribution in [3.05, 3.63) is 93.1 Å². The molecule has 164 valence electrons. The Balaban J connectivity index is 1.46. The van der Waals surface area contributed by atoms with E-state index >= 15 is 0 Å². The van der Waals surface area contributed by atoms with E-state index in [9.17, 15) is 18.4 Å². The predicted octanol–water partition coefficient (Wildman–Crippen LogP) is 3.43. The first-order valence-electron chi connectivity index (χ1n) is 9.43. The summed E-state index contributed by atoms with van der Waals surface area (Å²) >= 11 is 7.30. The number of benzene rings is 2. The van der Waals surface area contributed by atoms with E-state index in [1.165, 1.54) is 34.6 Å². The molecule has 0 radical (unpaired) electrons. The van der Waals surface area contributed by atoms with Crippen LogP contribution in [-0.4, -0.2) is 25.1 Å². The summed E-state index contributed by atoms with van der Waals surface area (Å²) in [6.07, 6.45) is 2.96. The summed E-state index contributed by atoms with van der Waals surface area (Å²) in [6.45, 7) is -0.499. The summed E-state index contributed by atoms with van der Waals surface area (Å²) in [6, 6.07) is 10.5. The molecule has 1 N–H and O–H groups in total. The number of hydrogen-bond acceptors (Lipinski definition) is 5. The van der Waals surface area contributed by atoms with Gasteiger partial charge in [0.15, 0.2) is 5.65 Å². The second-order valence-electron chi connectivity index (χ2n) is 6.79. The fraction of sp³-hybridized carbons (Fsp3) is 0.143. The fourth-order valence-corrected chi connectivity index (χ4v) is 3.94. The van der Waals surface area contributed by atoms with Crippen LogP contribution >= 0.6 is 23.4 Å². The van der Waals surface area contributed by atoms with Crippen molar-refractivity contribution >= 4 is 34.9 Å². The quantitative estimate of drug-likeness (QED) is 0.414. The Labute approximate surface area is 190 Å². The largest absolute Gasteiger partial charge is 0.350 e. The van der Waals surface area contributed by atoms with Crippen LogP contribution < -0.4 is 11.0 Å². The number of thioether (sulfide) groups is 1. The van der Waals surface area contributed by atoms with Gasteiger partial charge in [-0.25, -0.2) is 27.6 Å². The molecule has 0 aliphatic rings. The number of hydrogen-bond donors (Lipinski definition) is 1. The molecule has 11 heteroatoms. The van der Waals surface area contributed by atoms with Gasteiger partial charge in [-0.05, 0) is 23.8 Å². The molecule has 0 saturated carbocycles. The maximum Gasteiger partial charge on any atom is 0.350 e. The van der Waals surface area contributed by atoms with E-state index in [-0.39, 0.29) is 18.7 Å². The summed E-state index contributed by atoms with van der Waals surface area (Å²) in [7, 11) is 0. The lowest BCUT2D eigenvalue weighted by molar-refractivity contribution is -0.122. The molecular formula is C21H16ClF2N5O2S. The van der Waals surface area contributed by atoms with Gasteiger partial charge in [0.1, 0.15) is 23.2 Å². The number of nitrogens with zero attached hydrogens (tertiary/aromatic N) is 4. The van der Waals surface area contributed by atoms with Crippen LogP contribution in [0, 0.1) is 11.6 Å². The second kappa shape index (κ2) is 9.49. The average molecular weight is 476 g/mol. The molecular weight excluding hydrogens is 460 g/mol. The van der Waals surface area contributed by atoms with Gasteiger partial charge in [0.05, 0.1) is 0 Å². The molecule has 0 atom stereocenters. The number of nitrogens with one attached hydrogen (secondary N) is 1. The lowest BCUT2D eigenvalue weighted by atomic mass is 10.2. The van der Waals surface area contributed by atoms with E-state index in [2.05, 4.69) is 15.4 Å². The topological polar surface area (TPSA) is 81.3 Å². The summed E-state index contributed by atoms with van der Waals surface area (Å²) in [5.41, 5.74) is 0.984. The van der Waals surface area contributed by atoms with Crippen LogP contribution in [-0.2, 0) is 23.6 Å². The highest BCUT2D eigenvalue weighted by Crippen LogP contribution is 2.24. The van der Waals surface area contributed by atoms with Crippen LogP contribution in [0.1, 0.15) is 11.1 Å². The number of fused-ring (bicyclic) bond motifs is 1. The number of amides is 1. The van der Waals surface area contributed by atoms with E-state index < -0.39 is 23.2 Å². The lowest BCUT2D eigenvalue weighted by Gasteiger charge is -2.06. The van der Waals surface area contributed by atoms with Crippen molar-refractivity contribution in [2.45, 2.75) is 23.9 Å². The molecule has 0 saturated heterocycles. The van der Waals surface area contributed by atoms with E-state index in [1.54, 1.807) is 12.1 Å². The number of rotatable bonds is 7. The third kappa shape index (κ3) is 4.97. The SMILES string of the molecule is O=C(Cn1nc2c(SCc3ccc(Cl)cc3)nccn2c1=O)NCc1ccc(F)cc1F. The van der Waals surface area contributed by atoms with E-state index in [1.807, 2.05) is 12.1 Å². The van der Waals surface area contributed by atoms with Crippen molar-refractivity contribution in [3.8, 4) is 0 Å². The first kappa shape index (κ1) is 22.0. The molecule has 0 aliphatic carbocycles. The van der Waals surface area contributed by atoms with Crippen molar-refractivity contribution in [1.82, 2.24) is 24.5 Å². The minimum atomic E-state index is -0.761. The highest BCUT2D eigenvalue weighted by atomic mass is 35.5. The molecule has 2 aromatic carbocycles. The molecule has 4 rings (SSSR count). The van der Waals surface area contributed by atoms with Gasteiger partial charge in [-0.1, -0.05) is 41.6 Å². The van der Waals surface area contributed by atoms with Crippen LogP contribution in [0.25, 0.3) is 5.65 Å². The summed E-state index contributed by atoms with van der Waals surface area (Å²) < 4.78 is 29.0. The fourth-order valence-electron chi connectivity index (χ4n) is 2.91. The van der Waals surface area contributed by atoms with Gasteiger partial charge in [-0.2, -0.15) is 0 Å². The van der Waals surface area contributed by atoms with Crippen molar-refractivity contribution < 1.29 is 13.6 Å². The predicted molar refractivity (Wildman–Crippen MR) is 116 cm³/mol. The molecule has 1 amide bonds. The molecule has 0 aliphatic heterocycles. The van der Waals surface area contributed by atoms with E-state index in [0.29, 0.717) is 21.4 Å². The van der Waals surface area contributed by atoms with Crippen LogP contribution in [0.5, 0.6) is 0 Å². The van der Waals surface area contributed by atoms with Crippen molar-refractivity contribution in [3.63, 3.8) is 0 Å². The first-order chi connectivity index (χ1) is 15.4. The molecule has 0 fully saturated rings.